The predicted octanol–water partition coefficient (Wildman–Crippen LogP) is 3.79. The summed E-state index contributed by atoms with van der Waals surface area (Å²) < 4.78 is 5.57. The number of hydrogen-bond acceptors (Lipinski definition) is 3. The van der Waals surface area contributed by atoms with Crippen molar-refractivity contribution in [3.63, 3.8) is 0 Å². The Morgan fingerprint density at radius 3 is 2.92 bits per heavy atom. The molecule has 2 aromatic rings. The fraction of sp³-hybridized carbons (Fsp3) is 0.350. The van der Waals surface area contributed by atoms with Gasteiger partial charge in [0.2, 0.25) is 5.91 Å². The molecule has 4 heteroatoms. The van der Waals surface area contributed by atoms with Gasteiger partial charge in [-0.25, -0.2) is 0 Å². The van der Waals surface area contributed by atoms with E-state index < -0.39 is 0 Å². The van der Waals surface area contributed by atoms with Crippen LogP contribution in [0.1, 0.15) is 24.5 Å². The standard InChI is InChI=1S/C20H24N2O2/c1-3-24-19-9-5-4-8-17(19)21-20(23)14-22-12-6-7-16-13-15(2)10-11-18(16)22/h4-5,8-11,13H,3,6-7,12,14H2,1-2H3,(H,21,23). The number of carbonyl (C=O) groups is 1. The van der Waals surface area contributed by atoms with Crippen LogP contribution in [-0.2, 0) is 11.2 Å². The quantitative estimate of drug-likeness (QED) is 0.910. The van der Waals surface area contributed by atoms with Crippen LogP contribution in [0.3, 0.4) is 0 Å². The molecule has 0 unspecified atom stereocenters. The summed E-state index contributed by atoms with van der Waals surface area (Å²) >= 11 is 0. The second-order valence-corrected chi connectivity index (χ2v) is 6.13. The summed E-state index contributed by atoms with van der Waals surface area (Å²) in [5, 5.41) is 2.98. The highest BCUT2D eigenvalue weighted by Gasteiger charge is 2.19. The Labute approximate surface area is 143 Å². The van der Waals surface area contributed by atoms with Crippen molar-refractivity contribution in [1.82, 2.24) is 0 Å². The Morgan fingerprint density at radius 1 is 1.25 bits per heavy atom. The van der Waals surface area contributed by atoms with E-state index in [4.69, 9.17) is 4.74 Å². The minimum absolute atomic E-state index is 0.0180. The Balaban J connectivity index is 1.70. The zero-order valence-corrected chi connectivity index (χ0v) is 14.3. The lowest BCUT2D eigenvalue weighted by Crippen LogP contribution is -2.36. The van der Waals surface area contributed by atoms with Crippen molar-refractivity contribution in [2.75, 3.05) is 29.9 Å². The second-order valence-electron chi connectivity index (χ2n) is 6.13. The zero-order chi connectivity index (χ0) is 16.9. The van der Waals surface area contributed by atoms with E-state index in [0.717, 1.165) is 25.1 Å². The van der Waals surface area contributed by atoms with Crippen molar-refractivity contribution in [1.29, 1.82) is 0 Å². The number of ether oxygens (including phenoxy) is 1. The fourth-order valence-electron chi connectivity index (χ4n) is 3.18. The molecule has 0 aliphatic carbocycles. The number of carbonyl (C=O) groups excluding carboxylic acids is 1. The first-order valence-corrected chi connectivity index (χ1v) is 8.53. The van der Waals surface area contributed by atoms with Crippen molar-refractivity contribution >= 4 is 17.3 Å². The number of nitrogens with zero attached hydrogens (tertiary/aromatic N) is 1. The van der Waals surface area contributed by atoms with Gasteiger partial charge in [-0.05, 0) is 50.5 Å². The molecule has 0 saturated carbocycles. The van der Waals surface area contributed by atoms with E-state index in [1.165, 1.54) is 16.8 Å². The van der Waals surface area contributed by atoms with Crippen LogP contribution in [0.5, 0.6) is 5.75 Å². The second kappa shape index (κ2) is 7.39. The van der Waals surface area contributed by atoms with Gasteiger partial charge in [-0.1, -0.05) is 29.8 Å². The third kappa shape index (κ3) is 3.70. The van der Waals surface area contributed by atoms with Gasteiger partial charge in [0.15, 0.2) is 0 Å². The first kappa shape index (κ1) is 16.4. The molecule has 0 saturated heterocycles. The smallest absolute Gasteiger partial charge is 0.243 e. The number of fused-ring (bicyclic) bond motifs is 1. The van der Waals surface area contributed by atoms with Gasteiger partial charge < -0.3 is 15.0 Å². The van der Waals surface area contributed by atoms with Crippen molar-refractivity contribution in [2.45, 2.75) is 26.7 Å². The molecule has 0 atom stereocenters. The minimum Gasteiger partial charge on any atom is -0.492 e. The molecule has 126 valence electrons. The highest BCUT2D eigenvalue weighted by molar-refractivity contribution is 5.95. The third-order valence-electron chi connectivity index (χ3n) is 4.25. The molecule has 0 spiro atoms. The van der Waals surface area contributed by atoms with Crippen molar-refractivity contribution < 1.29 is 9.53 Å². The van der Waals surface area contributed by atoms with Gasteiger partial charge in [-0.15, -0.1) is 0 Å². The van der Waals surface area contributed by atoms with Gasteiger partial charge in [0.05, 0.1) is 18.8 Å². The van der Waals surface area contributed by atoms with Crippen LogP contribution < -0.4 is 15.0 Å². The Morgan fingerprint density at radius 2 is 2.08 bits per heavy atom. The predicted molar refractivity (Wildman–Crippen MR) is 98.0 cm³/mol. The van der Waals surface area contributed by atoms with E-state index in [0.29, 0.717) is 18.9 Å². The van der Waals surface area contributed by atoms with Gasteiger partial charge in [-0.2, -0.15) is 0 Å². The van der Waals surface area contributed by atoms with E-state index in [1.807, 2.05) is 31.2 Å². The highest BCUT2D eigenvalue weighted by atomic mass is 16.5. The maximum atomic E-state index is 12.5. The lowest BCUT2D eigenvalue weighted by molar-refractivity contribution is -0.115. The number of para-hydroxylation sites is 2. The first-order valence-electron chi connectivity index (χ1n) is 8.53. The maximum absolute atomic E-state index is 12.5. The summed E-state index contributed by atoms with van der Waals surface area (Å²) in [5.41, 5.74) is 4.51. The monoisotopic (exact) mass is 324 g/mol. The Hall–Kier alpha value is -2.49. The van der Waals surface area contributed by atoms with Crippen LogP contribution in [-0.4, -0.2) is 25.6 Å². The Bertz CT molecular complexity index is 727. The number of anilines is 2. The van der Waals surface area contributed by atoms with Gasteiger partial charge in [0, 0.05) is 12.2 Å². The molecular formula is C20H24N2O2. The average Bonchev–Trinajstić information content (AvgIpc) is 2.57. The summed E-state index contributed by atoms with van der Waals surface area (Å²) in [7, 11) is 0. The highest BCUT2D eigenvalue weighted by Crippen LogP contribution is 2.28. The van der Waals surface area contributed by atoms with Crippen LogP contribution in [0.15, 0.2) is 42.5 Å². The Kier molecular flexibility index (Phi) is 5.04. The summed E-state index contributed by atoms with van der Waals surface area (Å²) in [4.78, 5) is 14.7. The SMILES string of the molecule is CCOc1ccccc1NC(=O)CN1CCCc2cc(C)ccc21. The lowest BCUT2D eigenvalue weighted by Gasteiger charge is -2.31. The molecular weight excluding hydrogens is 300 g/mol. The largest absolute Gasteiger partial charge is 0.492 e. The van der Waals surface area contributed by atoms with E-state index in [-0.39, 0.29) is 5.91 Å². The number of aryl methyl sites for hydroxylation is 2. The summed E-state index contributed by atoms with van der Waals surface area (Å²) in [6, 6.07) is 14.0. The number of hydrogen-bond donors (Lipinski definition) is 1. The fourth-order valence-corrected chi connectivity index (χ4v) is 3.18. The number of rotatable bonds is 5. The van der Waals surface area contributed by atoms with Crippen molar-refractivity contribution in [3.05, 3.63) is 53.6 Å². The maximum Gasteiger partial charge on any atom is 0.243 e. The lowest BCUT2D eigenvalue weighted by atomic mass is 9.99. The van der Waals surface area contributed by atoms with Crippen LogP contribution in [0.4, 0.5) is 11.4 Å². The van der Waals surface area contributed by atoms with Gasteiger partial charge in [0.25, 0.3) is 0 Å². The average molecular weight is 324 g/mol. The number of benzene rings is 2. The third-order valence-corrected chi connectivity index (χ3v) is 4.25. The van der Waals surface area contributed by atoms with Crippen molar-refractivity contribution in [3.8, 4) is 5.75 Å². The summed E-state index contributed by atoms with van der Waals surface area (Å²) in [6.45, 7) is 5.89. The van der Waals surface area contributed by atoms with Crippen LogP contribution in [0.2, 0.25) is 0 Å². The zero-order valence-electron chi connectivity index (χ0n) is 14.3. The van der Waals surface area contributed by atoms with Crippen molar-refractivity contribution in [2.24, 2.45) is 0 Å². The molecule has 1 amide bonds. The van der Waals surface area contributed by atoms with Crippen LogP contribution in [0, 0.1) is 6.92 Å². The first-order chi connectivity index (χ1) is 11.7. The summed E-state index contributed by atoms with van der Waals surface area (Å²) in [6.07, 6.45) is 2.17. The van der Waals surface area contributed by atoms with E-state index >= 15 is 0 Å². The topological polar surface area (TPSA) is 41.6 Å². The molecule has 1 heterocycles. The number of nitrogens with one attached hydrogen (secondary N) is 1. The molecule has 0 fully saturated rings. The van der Waals surface area contributed by atoms with Crippen LogP contribution in [0.25, 0.3) is 0 Å². The molecule has 1 N–H and O–H groups in total. The molecule has 1 aliphatic heterocycles. The van der Waals surface area contributed by atoms with E-state index in [9.17, 15) is 4.79 Å². The molecule has 0 aromatic heterocycles. The summed E-state index contributed by atoms with van der Waals surface area (Å²) in [5.74, 6) is 0.693. The minimum atomic E-state index is -0.0180. The van der Waals surface area contributed by atoms with E-state index in [2.05, 4.69) is 35.3 Å². The number of amides is 1. The van der Waals surface area contributed by atoms with Gasteiger partial charge >= 0.3 is 0 Å². The molecule has 2 aromatic carbocycles. The molecule has 4 nitrogen and oxygen atoms in total. The van der Waals surface area contributed by atoms with E-state index in [1.54, 1.807) is 0 Å². The molecule has 24 heavy (non-hydrogen) atoms. The molecule has 1 aliphatic rings. The molecule has 3 rings (SSSR count). The molecule has 0 bridgehead atoms. The normalized spacial score (nSPS) is 13.3. The van der Waals surface area contributed by atoms with Gasteiger partial charge in [0.1, 0.15) is 5.75 Å². The van der Waals surface area contributed by atoms with Crippen LogP contribution >= 0.6 is 0 Å². The van der Waals surface area contributed by atoms with Gasteiger partial charge in [-0.3, -0.25) is 4.79 Å². The molecule has 0 radical (unpaired) electrons.